The second-order valence-electron chi connectivity index (χ2n) is 13.7. The van der Waals surface area contributed by atoms with Crippen molar-refractivity contribution < 1.29 is 37.4 Å². The first-order valence-electron chi connectivity index (χ1n) is 17.0. The van der Waals surface area contributed by atoms with Gasteiger partial charge in [-0.05, 0) is 72.7 Å². The van der Waals surface area contributed by atoms with Gasteiger partial charge in [0.15, 0.2) is 17.9 Å². The van der Waals surface area contributed by atoms with Gasteiger partial charge in [-0.15, -0.1) is 11.8 Å². The van der Waals surface area contributed by atoms with Crippen molar-refractivity contribution in [3.8, 4) is 22.9 Å². The number of hydrogen-bond acceptors (Lipinski definition) is 8. The van der Waals surface area contributed by atoms with Crippen LogP contribution in [0.25, 0.3) is 22.3 Å². The van der Waals surface area contributed by atoms with Gasteiger partial charge < -0.3 is 24.2 Å². The molecule has 0 aliphatic heterocycles. The number of aromatic amines is 2. The Balaban J connectivity index is 1.44. The van der Waals surface area contributed by atoms with Crippen LogP contribution in [0.15, 0.2) is 67.0 Å². The molecule has 2 N–H and O–H groups in total. The molecule has 1 atom stereocenters. The zero-order chi connectivity index (χ0) is 37.5. The fourth-order valence-corrected chi connectivity index (χ4v) is 7.41. The van der Waals surface area contributed by atoms with Gasteiger partial charge in [0.1, 0.15) is 17.4 Å². The number of nitrogens with one attached hydrogen (secondary N) is 2. The molecule has 5 aromatic rings. The number of aryl methyl sites for hydroxylation is 1. The lowest BCUT2D eigenvalue weighted by Gasteiger charge is -2.32. The highest BCUT2D eigenvalue weighted by Crippen LogP contribution is 2.40. The maximum Gasteiger partial charge on any atom is 0.315 e. The van der Waals surface area contributed by atoms with Gasteiger partial charge >= 0.3 is 11.9 Å². The summed E-state index contributed by atoms with van der Waals surface area (Å²) in [7, 11) is 2.75. The maximum atomic E-state index is 15.4. The lowest BCUT2D eigenvalue weighted by Crippen LogP contribution is -2.26. The first kappa shape index (κ1) is 38.3. The van der Waals surface area contributed by atoms with E-state index in [0.717, 1.165) is 35.4 Å². The number of H-pyrrole nitrogens is 2. The summed E-state index contributed by atoms with van der Waals surface area (Å²) in [6, 6.07) is 15.0. The Morgan fingerprint density at radius 2 is 1.75 bits per heavy atom. The van der Waals surface area contributed by atoms with Crippen LogP contribution in [0.4, 0.5) is 8.78 Å². The van der Waals surface area contributed by atoms with Crippen LogP contribution in [0.3, 0.4) is 0 Å². The number of esters is 2. The number of benzene rings is 3. The number of fused-ring (bicyclic) bond motifs is 1. The van der Waals surface area contributed by atoms with Gasteiger partial charge in [-0.25, -0.2) is 13.8 Å². The molecule has 52 heavy (non-hydrogen) atoms. The van der Waals surface area contributed by atoms with Crippen LogP contribution < -0.4 is 4.74 Å². The molecule has 0 bridgehead atoms. The summed E-state index contributed by atoms with van der Waals surface area (Å²) < 4.78 is 46.0. The summed E-state index contributed by atoms with van der Waals surface area (Å²) in [5, 5.41) is 0.501. The van der Waals surface area contributed by atoms with Gasteiger partial charge in [0.2, 0.25) is 0 Å². The molecular weight excluding hydrogens is 689 g/mol. The zero-order valence-corrected chi connectivity index (χ0v) is 30.8. The normalized spacial score (nSPS) is 12.8. The van der Waals surface area contributed by atoms with Crippen molar-refractivity contribution in [3.05, 3.63) is 101 Å². The molecule has 0 aliphatic carbocycles. The van der Waals surface area contributed by atoms with Gasteiger partial charge in [0, 0.05) is 46.9 Å². The van der Waals surface area contributed by atoms with E-state index in [1.54, 1.807) is 30.2 Å². The number of halogens is 2. The van der Waals surface area contributed by atoms with E-state index in [4.69, 9.17) is 14.2 Å². The Kier molecular flexibility index (Phi) is 12.2. The first-order valence-corrected chi connectivity index (χ1v) is 18.1. The van der Waals surface area contributed by atoms with Crippen LogP contribution in [-0.2, 0) is 30.9 Å². The zero-order valence-electron chi connectivity index (χ0n) is 29.9. The standard InChI is InChI=1S/C40H43F2N3O6S/c1-39(2,24-52-23-36(48)50-5)15-7-16-40(3,26-9-6-8-25(18-26)10-13-35(47)49-4)34-21-44-38(45-34)29-19-27(11-12-31(29)41)51-37-30(22-46)28-14-17-43-33(28)20-32(37)42/h6,8-9,11-12,14,17-22,43H,7,10,13,15-16,23-24H2,1-5H3,(H,44,45). The minimum absolute atomic E-state index is 0.0391. The predicted octanol–water partition coefficient (Wildman–Crippen LogP) is 8.96. The number of nitrogens with zero attached hydrogens (tertiary/aromatic N) is 1. The van der Waals surface area contributed by atoms with E-state index in [-0.39, 0.29) is 52.2 Å². The Morgan fingerprint density at radius 3 is 2.50 bits per heavy atom. The van der Waals surface area contributed by atoms with Crippen molar-refractivity contribution in [2.75, 3.05) is 25.7 Å². The topological polar surface area (TPSA) is 123 Å². The number of hydrogen-bond donors (Lipinski definition) is 2. The Hall–Kier alpha value is -4.97. The van der Waals surface area contributed by atoms with Crippen molar-refractivity contribution in [2.45, 2.75) is 58.3 Å². The minimum Gasteiger partial charge on any atom is -0.469 e. The van der Waals surface area contributed by atoms with Crippen molar-refractivity contribution >= 4 is 40.9 Å². The molecule has 9 nitrogen and oxygen atoms in total. The first-order chi connectivity index (χ1) is 24.9. The number of rotatable bonds is 17. The van der Waals surface area contributed by atoms with Crippen LogP contribution in [0, 0.1) is 17.0 Å². The molecule has 5 rings (SSSR count). The molecule has 3 aromatic carbocycles. The van der Waals surface area contributed by atoms with E-state index in [9.17, 15) is 14.4 Å². The quantitative estimate of drug-likeness (QED) is 0.0718. The average molecular weight is 732 g/mol. The summed E-state index contributed by atoms with van der Waals surface area (Å²) in [5.74, 6) is -0.646. The summed E-state index contributed by atoms with van der Waals surface area (Å²) in [6.45, 7) is 6.46. The third kappa shape index (κ3) is 8.90. The van der Waals surface area contributed by atoms with Crippen LogP contribution in [0.1, 0.15) is 73.6 Å². The van der Waals surface area contributed by atoms with Gasteiger partial charge in [-0.1, -0.05) is 44.5 Å². The number of imidazole rings is 1. The summed E-state index contributed by atoms with van der Waals surface area (Å²) in [6.07, 6.45) is 7.01. The smallest absolute Gasteiger partial charge is 0.315 e. The average Bonchev–Trinajstić information content (AvgIpc) is 3.82. The SMILES string of the molecule is COC(=O)CCc1cccc(C(C)(CCCC(C)(C)CSCC(=O)OC)c2cnc(-c3cc(Oc4c(F)cc5[nH]ccc5c4C=O)ccc3F)[nH]2)c1. The molecule has 0 spiro atoms. The second kappa shape index (κ2) is 16.6. The summed E-state index contributed by atoms with van der Waals surface area (Å²) >= 11 is 1.55. The molecule has 0 fully saturated rings. The molecule has 1 unspecified atom stereocenters. The van der Waals surface area contributed by atoms with Gasteiger partial charge in [0.25, 0.3) is 0 Å². The van der Waals surface area contributed by atoms with Crippen molar-refractivity contribution in [2.24, 2.45) is 5.41 Å². The highest BCUT2D eigenvalue weighted by Gasteiger charge is 2.33. The number of carbonyl (C=O) groups is 3. The predicted molar refractivity (Wildman–Crippen MR) is 198 cm³/mol. The van der Waals surface area contributed by atoms with E-state index in [1.807, 2.05) is 18.2 Å². The lowest BCUT2D eigenvalue weighted by atomic mass is 9.74. The monoisotopic (exact) mass is 731 g/mol. The maximum absolute atomic E-state index is 15.4. The molecule has 0 amide bonds. The molecular formula is C40H43F2N3O6S. The van der Waals surface area contributed by atoms with E-state index in [1.165, 1.54) is 38.5 Å². The molecule has 274 valence electrons. The Bertz CT molecular complexity index is 2060. The molecule has 12 heteroatoms. The van der Waals surface area contributed by atoms with Crippen molar-refractivity contribution in [1.29, 1.82) is 0 Å². The Morgan fingerprint density at radius 1 is 0.962 bits per heavy atom. The molecule has 0 radical (unpaired) electrons. The number of methoxy groups -OCH3 is 2. The second-order valence-corrected chi connectivity index (χ2v) is 14.7. The van der Waals surface area contributed by atoms with Gasteiger partial charge in [0.05, 0.1) is 31.1 Å². The molecule has 0 saturated heterocycles. The summed E-state index contributed by atoms with van der Waals surface area (Å²) in [4.78, 5) is 46.4. The van der Waals surface area contributed by atoms with Crippen LogP contribution in [0.5, 0.6) is 11.5 Å². The third-order valence-corrected chi connectivity index (χ3v) is 10.8. The van der Waals surface area contributed by atoms with Crippen LogP contribution >= 0.6 is 11.8 Å². The van der Waals surface area contributed by atoms with Gasteiger partial charge in [-0.3, -0.25) is 14.4 Å². The van der Waals surface area contributed by atoms with E-state index < -0.39 is 17.0 Å². The largest absolute Gasteiger partial charge is 0.469 e. The van der Waals surface area contributed by atoms with E-state index >= 15 is 8.78 Å². The van der Waals surface area contributed by atoms with E-state index in [2.05, 4.69) is 41.8 Å². The van der Waals surface area contributed by atoms with Crippen LogP contribution in [-0.4, -0.2) is 58.9 Å². The number of aromatic nitrogens is 3. The van der Waals surface area contributed by atoms with Crippen LogP contribution in [0.2, 0.25) is 0 Å². The highest BCUT2D eigenvalue weighted by molar-refractivity contribution is 7.99. The van der Waals surface area contributed by atoms with Crippen molar-refractivity contribution in [3.63, 3.8) is 0 Å². The molecule has 0 saturated carbocycles. The molecule has 0 aliphatic rings. The fraction of sp³-hybridized carbons (Fsp3) is 0.350. The number of ether oxygens (including phenoxy) is 3. The summed E-state index contributed by atoms with van der Waals surface area (Å²) in [5.41, 5.74) is 2.67. The number of thioether (sulfide) groups is 1. The Labute approximate surface area is 305 Å². The molecule has 2 aromatic heterocycles. The highest BCUT2D eigenvalue weighted by atomic mass is 32.2. The third-order valence-electron chi connectivity index (χ3n) is 9.38. The van der Waals surface area contributed by atoms with Crippen molar-refractivity contribution in [1.82, 2.24) is 15.0 Å². The minimum atomic E-state index is -0.738. The van der Waals surface area contributed by atoms with Gasteiger partial charge in [-0.2, -0.15) is 0 Å². The number of aldehydes is 1. The lowest BCUT2D eigenvalue weighted by molar-refractivity contribution is -0.140. The molecule has 2 heterocycles. The van der Waals surface area contributed by atoms with E-state index in [0.29, 0.717) is 35.8 Å². The number of carbonyl (C=O) groups excluding carboxylic acids is 3. The fourth-order valence-electron chi connectivity index (χ4n) is 6.32.